The zero-order valence-electron chi connectivity index (χ0n) is 25.6. The summed E-state index contributed by atoms with van der Waals surface area (Å²) < 4.78 is 10.3. The van der Waals surface area contributed by atoms with E-state index in [0.717, 1.165) is 18.4 Å². The van der Waals surface area contributed by atoms with Crippen LogP contribution in [-0.4, -0.2) is 84.8 Å². The quantitative estimate of drug-likeness (QED) is 0.247. The van der Waals surface area contributed by atoms with Gasteiger partial charge in [0.25, 0.3) is 0 Å². The standard InChI is InChI=1S/C32H46N4O7/c1-4-20(2)28-32(41)36-17-9-8-11-25(36)31(40)33-23(10-6-5-7-12-26(37)27-19-43-27)29(38)34-24(30(39)35-28)18-21-13-15-22(42-3)16-14-21/h13-16,20,23-25,27-28H,4-12,17-19H2,1-3H3,(H,33,40)(H,34,38)(H,35,39)/t20-,23-,24+,25-,27?,28?/m0/s1. The lowest BCUT2D eigenvalue weighted by molar-refractivity contribution is -0.147. The number of nitrogens with one attached hydrogen (secondary N) is 3. The molecular formula is C32H46N4O7. The van der Waals surface area contributed by atoms with E-state index in [0.29, 0.717) is 63.8 Å². The summed E-state index contributed by atoms with van der Waals surface area (Å²) in [7, 11) is 1.57. The summed E-state index contributed by atoms with van der Waals surface area (Å²) in [6, 6.07) is 3.86. The van der Waals surface area contributed by atoms with Gasteiger partial charge in [-0.05, 0) is 55.7 Å². The number of methoxy groups -OCH3 is 1. The Balaban J connectivity index is 1.56. The summed E-state index contributed by atoms with van der Waals surface area (Å²) in [6.07, 6.45) is 5.41. The summed E-state index contributed by atoms with van der Waals surface area (Å²) >= 11 is 0. The highest BCUT2D eigenvalue weighted by molar-refractivity contribution is 5.97. The Morgan fingerprint density at radius 1 is 0.977 bits per heavy atom. The van der Waals surface area contributed by atoms with Gasteiger partial charge in [-0.3, -0.25) is 24.0 Å². The van der Waals surface area contributed by atoms with E-state index in [1.807, 2.05) is 26.0 Å². The number of ketones is 1. The van der Waals surface area contributed by atoms with Crippen LogP contribution in [-0.2, 0) is 35.1 Å². The van der Waals surface area contributed by atoms with E-state index in [9.17, 15) is 24.0 Å². The Hall–Kier alpha value is -3.47. The minimum atomic E-state index is -0.965. The number of carbonyl (C=O) groups excluding carboxylic acids is 5. The Morgan fingerprint density at radius 2 is 1.67 bits per heavy atom. The molecule has 3 N–H and O–H groups in total. The number of nitrogens with zero attached hydrogens (tertiary/aromatic N) is 1. The van der Waals surface area contributed by atoms with Gasteiger partial charge >= 0.3 is 0 Å². The normalized spacial score (nSPS) is 27.0. The number of ether oxygens (including phenoxy) is 2. The second-order valence-electron chi connectivity index (χ2n) is 12.0. The topological polar surface area (TPSA) is 146 Å². The number of hydrogen-bond donors (Lipinski definition) is 3. The summed E-state index contributed by atoms with van der Waals surface area (Å²) in [5.41, 5.74) is 0.806. The molecule has 11 nitrogen and oxygen atoms in total. The second kappa shape index (κ2) is 15.3. The molecule has 0 aromatic heterocycles. The van der Waals surface area contributed by atoms with Crippen LogP contribution in [0.5, 0.6) is 5.75 Å². The first kappa shape index (κ1) is 32.4. The molecule has 11 heteroatoms. The van der Waals surface area contributed by atoms with Crippen LogP contribution in [0.15, 0.2) is 24.3 Å². The average Bonchev–Trinajstić information content (AvgIpc) is 3.87. The molecular weight excluding hydrogens is 552 g/mol. The fourth-order valence-electron chi connectivity index (χ4n) is 5.82. The van der Waals surface area contributed by atoms with Crippen molar-refractivity contribution in [1.29, 1.82) is 0 Å². The van der Waals surface area contributed by atoms with E-state index >= 15 is 0 Å². The molecule has 1 aromatic rings. The third-order valence-corrected chi connectivity index (χ3v) is 8.84. The van der Waals surface area contributed by atoms with Gasteiger partial charge in [0.05, 0.1) is 13.7 Å². The molecule has 3 fully saturated rings. The molecule has 3 saturated heterocycles. The van der Waals surface area contributed by atoms with E-state index in [1.54, 1.807) is 24.1 Å². The number of epoxide rings is 1. The van der Waals surface area contributed by atoms with Gasteiger partial charge in [0.2, 0.25) is 23.6 Å². The van der Waals surface area contributed by atoms with Gasteiger partial charge in [-0.1, -0.05) is 45.2 Å². The molecule has 0 bridgehead atoms. The maximum atomic E-state index is 13.9. The first-order valence-corrected chi connectivity index (χ1v) is 15.7. The van der Waals surface area contributed by atoms with E-state index in [1.165, 1.54) is 0 Å². The number of benzene rings is 1. The Labute approximate surface area is 253 Å². The number of rotatable bonds is 12. The highest BCUT2D eigenvalue weighted by Crippen LogP contribution is 2.23. The van der Waals surface area contributed by atoms with Crippen molar-refractivity contribution in [2.45, 2.75) is 108 Å². The third kappa shape index (κ3) is 8.78. The molecule has 0 radical (unpaired) electrons. The smallest absolute Gasteiger partial charge is 0.246 e. The Morgan fingerprint density at radius 3 is 2.35 bits per heavy atom. The molecule has 2 unspecified atom stereocenters. The van der Waals surface area contributed by atoms with Gasteiger partial charge in [-0.2, -0.15) is 0 Å². The van der Waals surface area contributed by atoms with Crippen LogP contribution in [0.2, 0.25) is 0 Å². The van der Waals surface area contributed by atoms with Crippen LogP contribution in [0.4, 0.5) is 0 Å². The minimum Gasteiger partial charge on any atom is -0.497 e. The van der Waals surface area contributed by atoms with E-state index in [-0.39, 0.29) is 36.0 Å². The molecule has 3 aliphatic heterocycles. The number of hydrogen-bond acceptors (Lipinski definition) is 7. The van der Waals surface area contributed by atoms with Crippen LogP contribution in [0, 0.1) is 5.92 Å². The molecule has 4 rings (SSSR count). The predicted octanol–water partition coefficient (Wildman–Crippen LogP) is 2.05. The summed E-state index contributed by atoms with van der Waals surface area (Å²) in [5.74, 6) is -0.907. The van der Waals surface area contributed by atoms with Crippen molar-refractivity contribution in [2.24, 2.45) is 5.92 Å². The Bertz CT molecular complexity index is 1150. The van der Waals surface area contributed by atoms with E-state index in [4.69, 9.17) is 9.47 Å². The van der Waals surface area contributed by atoms with Gasteiger partial charge in [0.1, 0.15) is 36.0 Å². The lowest BCUT2D eigenvalue weighted by atomic mass is 9.93. The lowest BCUT2D eigenvalue weighted by Crippen LogP contribution is -2.64. The van der Waals surface area contributed by atoms with Gasteiger partial charge in [-0.15, -0.1) is 0 Å². The van der Waals surface area contributed by atoms with Crippen LogP contribution < -0.4 is 20.7 Å². The highest BCUT2D eigenvalue weighted by atomic mass is 16.6. The lowest BCUT2D eigenvalue weighted by Gasteiger charge is -2.39. The monoisotopic (exact) mass is 598 g/mol. The third-order valence-electron chi connectivity index (χ3n) is 8.84. The molecule has 0 aliphatic carbocycles. The fraction of sp³-hybridized carbons (Fsp3) is 0.656. The number of piperidine rings is 1. The first-order chi connectivity index (χ1) is 20.7. The number of unbranched alkanes of at least 4 members (excludes halogenated alkanes) is 2. The number of carbonyl (C=O) groups is 5. The largest absolute Gasteiger partial charge is 0.497 e. The first-order valence-electron chi connectivity index (χ1n) is 15.7. The number of fused-ring (bicyclic) bond motifs is 1. The summed E-state index contributed by atoms with van der Waals surface area (Å²) in [6.45, 7) is 4.78. The molecule has 236 valence electrons. The van der Waals surface area contributed by atoms with Crippen molar-refractivity contribution in [3.05, 3.63) is 29.8 Å². The number of Topliss-reactive ketones (excluding diaryl/α,β-unsaturated/α-hetero) is 1. The molecule has 0 saturated carbocycles. The molecule has 3 aliphatic rings. The van der Waals surface area contributed by atoms with Crippen molar-refractivity contribution >= 4 is 29.4 Å². The van der Waals surface area contributed by atoms with Crippen LogP contribution >= 0.6 is 0 Å². The van der Waals surface area contributed by atoms with Crippen molar-refractivity contribution in [3.63, 3.8) is 0 Å². The van der Waals surface area contributed by atoms with Crippen molar-refractivity contribution < 1.29 is 33.4 Å². The second-order valence-corrected chi connectivity index (χ2v) is 12.0. The molecule has 1 aromatic carbocycles. The van der Waals surface area contributed by atoms with E-state index < -0.39 is 36.0 Å². The molecule has 0 spiro atoms. The van der Waals surface area contributed by atoms with Crippen LogP contribution in [0.25, 0.3) is 0 Å². The van der Waals surface area contributed by atoms with Crippen molar-refractivity contribution in [3.8, 4) is 5.75 Å². The van der Waals surface area contributed by atoms with Crippen LogP contribution in [0.1, 0.15) is 77.2 Å². The molecule has 6 atom stereocenters. The van der Waals surface area contributed by atoms with Gasteiger partial charge in [-0.25, -0.2) is 0 Å². The maximum absolute atomic E-state index is 13.9. The van der Waals surface area contributed by atoms with Gasteiger partial charge in [0.15, 0.2) is 5.78 Å². The summed E-state index contributed by atoms with van der Waals surface area (Å²) in [5, 5.41) is 8.76. The zero-order chi connectivity index (χ0) is 30.9. The van der Waals surface area contributed by atoms with E-state index in [2.05, 4.69) is 16.0 Å². The number of amides is 4. The molecule has 43 heavy (non-hydrogen) atoms. The van der Waals surface area contributed by atoms with Gasteiger partial charge < -0.3 is 30.3 Å². The predicted molar refractivity (Wildman–Crippen MR) is 159 cm³/mol. The highest BCUT2D eigenvalue weighted by Gasteiger charge is 2.40. The maximum Gasteiger partial charge on any atom is 0.246 e. The molecule has 4 amide bonds. The molecule has 3 heterocycles. The summed E-state index contributed by atoms with van der Waals surface area (Å²) in [4.78, 5) is 68.6. The van der Waals surface area contributed by atoms with Gasteiger partial charge in [0, 0.05) is 19.4 Å². The fourth-order valence-corrected chi connectivity index (χ4v) is 5.82. The minimum absolute atomic E-state index is 0.0993. The zero-order valence-corrected chi connectivity index (χ0v) is 25.6. The van der Waals surface area contributed by atoms with Crippen molar-refractivity contribution in [1.82, 2.24) is 20.9 Å². The van der Waals surface area contributed by atoms with Crippen molar-refractivity contribution in [2.75, 3.05) is 20.3 Å². The SMILES string of the molecule is CC[C@H](C)C1NC(=O)[C@@H](Cc2ccc(OC)cc2)NC(=O)[C@H](CCCCCC(=O)C2CO2)NC(=O)[C@@H]2CCCCN2C1=O. The van der Waals surface area contributed by atoms with Crippen LogP contribution in [0.3, 0.4) is 0 Å². The Kier molecular flexibility index (Phi) is 11.6. The average molecular weight is 599 g/mol.